The molecule has 160 valence electrons. The Kier molecular flexibility index (Phi) is 5.19. The van der Waals surface area contributed by atoms with Crippen molar-refractivity contribution in [1.29, 1.82) is 0 Å². The van der Waals surface area contributed by atoms with Gasteiger partial charge in [-0.1, -0.05) is 35.9 Å². The first-order chi connectivity index (χ1) is 15.4. The number of aromatic nitrogens is 2. The number of hydrogen-bond acceptors (Lipinski definition) is 4. The molecule has 4 aromatic rings. The molecule has 0 aliphatic carbocycles. The Balaban J connectivity index is 1.48. The molecular formula is C25H20ClN3O2S. The van der Waals surface area contributed by atoms with Crippen molar-refractivity contribution < 1.29 is 4.79 Å². The smallest absolute Gasteiger partial charge is 0.262 e. The van der Waals surface area contributed by atoms with E-state index in [0.717, 1.165) is 44.0 Å². The normalized spacial score (nSPS) is 14.2. The van der Waals surface area contributed by atoms with Crippen LogP contribution in [-0.2, 0) is 6.54 Å². The van der Waals surface area contributed by atoms with Gasteiger partial charge < -0.3 is 5.32 Å². The van der Waals surface area contributed by atoms with E-state index in [-0.39, 0.29) is 11.5 Å². The summed E-state index contributed by atoms with van der Waals surface area (Å²) in [7, 11) is 0. The quantitative estimate of drug-likeness (QED) is 0.411. The maximum absolute atomic E-state index is 13.0. The zero-order valence-electron chi connectivity index (χ0n) is 17.6. The molecule has 5 rings (SSSR count). The lowest BCUT2D eigenvalue weighted by atomic mass is 10.1. The third kappa shape index (κ3) is 3.55. The van der Waals surface area contributed by atoms with Crippen LogP contribution in [0.2, 0.25) is 5.02 Å². The number of nitrogens with one attached hydrogen (secondary N) is 1. The Morgan fingerprint density at radius 2 is 2.00 bits per heavy atom. The number of halogens is 1. The fraction of sp³-hybridized carbons (Fsp3) is 0.160. The highest BCUT2D eigenvalue weighted by Crippen LogP contribution is 2.32. The molecule has 5 nitrogen and oxygen atoms in total. The van der Waals surface area contributed by atoms with Crippen LogP contribution in [0.25, 0.3) is 21.9 Å². The predicted molar refractivity (Wildman–Crippen MR) is 132 cm³/mol. The van der Waals surface area contributed by atoms with Crippen LogP contribution in [0, 0.1) is 13.8 Å². The summed E-state index contributed by atoms with van der Waals surface area (Å²) < 4.78 is 1.77. The molecular weight excluding hydrogens is 442 g/mol. The first-order valence-electron chi connectivity index (χ1n) is 10.3. The van der Waals surface area contributed by atoms with Crippen molar-refractivity contribution in [1.82, 2.24) is 9.55 Å². The number of nitrogens with zero attached hydrogens (tertiary/aromatic N) is 2. The number of rotatable bonds is 3. The third-order valence-electron chi connectivity index (χ3n) is 5.78. The van der Waals surface area contributed by atoms with Gasteiger partial charge in [-0.3, -0.25) is 14.2 Å². The van der Waals surface area contributed by atoms with Crippen molar-refractivity contribution >= 4 is 56.4 Å². The number of thiophene rings is 1. The van der Waals surface area contributed by atoms with Crippen LogP contribution in [0.5, 0.6) is 0 Å². The van der Waals surface area contributed by atoms with Gasteiger partial charge in [0.2, 0.25) is 0 Å². The molecule has 0 saturated carbocycles. The van der Waals surface area contributed by atoms with Gasteiger partial charge >= 0.3 is 0 Å². The Morgan fingerprint density at radius 1 is 1.19 bits per heavy atom. The van der Waals surface area contributed by atoms with Crippen LogP contribution < -0.4 is 10.9 Å². The molecule has 2 aromatic heterocycles. The molecule has 0 fully saturated rings. The minimum Gasteiger partial charge on any atom is -0.322 e. The average Bonchev–Trinajstić information content (AvgIpc) is 3.29. The second kappa shape index (κ2) is 8.04. The molecule has 0 radical (unpaired) electrons. The third-order valence-corrected chi connectivity index (χ3v) is 7.22. The van der Waals surface area contributed by atoms with Crippen LogP contribution >= 0.6 is 22.9 Å². The number of allylic oxidation sites excluding steroid dienone is 1. The SMILES string of the molecule is Cc1sc2nc3n(c(=O)c2c1C)CC/C3=C/c1cccc(NC(=O)c2ccccc2Cl)c1. The summed E-state index contributed by atoms with van der Waals surface area (Å²) in [5.41, 5.74) is 4.11. The van der Waals surface area contributed by atoms with Crippen LogP contribution in [0.3, 0.4) is 0 Å². The lowest BCUT2D eigenvalue weighted by molar-refractivity contribution is 0.102. The highest BCUT2D eigenvalue weighted by atomic mass is 35.5. The van der Waals surface area contributed by atoms with Crippen LogP contribution in [-0.4, -0.2) is 15.5 Å². The molecule has 0 atom stereocenters. The van der Waals surface area contributed by atoms with Gasteiger partial charge in [0.25, 0.3) is 11.5 Å². The molecule has 1 aliphatic rings. The molecule has 3 heterocycles. The summed E-state index contributed by atoms with van der Waals surface area (Å²) in [4.78, 5) is 32.4. The van der Waals surface area contributed by atoms with E-state index in [1.165, 1.54) is 0 Å². The van der Waals surface area contributed by atoms with Crippen molar-refractivity contribution in [3.63, 3.8) is 0 Å². The fourth-order valence-electron chi connectivity index (χ4n) is 4.01. The van der Waals surface area contributed by atoms with E-state index in [2.05, 4.69) is 5.32 Å². The first kappa shape index (κ1) is 20.7. The van der Waals surface area contributed by atoms with Gasteiger partial charge in [0.15, 0.2) is 0 Å². The summed E-state index contributed by atoms with van der Waals surface area (Å²) in [5.74, 6) is 0.472. The predicted octanol–water partition coefficient (Wildman–Crippen LogP) is 5.92. The van der Waals surface area contributed by atoms with E-state index in [1.54, 1.807) is 40.2 Å². The average molecular weight is 462 g/mol. The van der Waals surface area contributed by atoms with Crippen LogP contribution in [0.1, 0.15) is 38.6 Å². The van der Waals surface area contributed by atoms with Crippen molar-refractivity contribution in [2.45, 2.75) is 26.8 Å². The molecule has 1 N–H and O–H groups in total. The van der Waals surface area contributed by atoms with E-state index < -0.39 is 0 Å². The second-order valence-electron chi connectivity index (χ2n) is 7.83. The van der Waals surface area contributed by atoms with Gasteiger partial charge in [-0.25, -0.2) is 4.98 Å². The van der Waals surface area contributed by atoms with E-state index in [0.29, 0.717) is 22.8 Å². The van der Waals surface area contributed by atoms with E-state index in [4.69, 9.17) is 16.6 Å². The maximum atomic E-state index is 13.0. The lowest BCUT2D eigenvalue weighted by Crippen LogP contribution is -2.20. The fourth-order valence-corrected chi connectivity index (χ4v) is 5.25. The molecule has 7 heteroatoms. The zero-order chi connectivity index (χ0) is 22.4. The van der Waals surface area contributed by atoms with Crippen LogP contribution in [0.15, 0.2) is 53.3 Å². The standard InChI is InChI=1S/C25H20ClN3O2S/c1-14-15(2)32-24-21(14)25(31)29-11-10-17(22(29)28-24)12-16-6-5-7-18(13-16)27-23(30)19-8-3-4-9-20(19)26/h3-9,12-13H,10-11H2,1-2H3,(H,27,30)/b17-12-. The molecule has 0 saturated heterocycles. The number of amides is 1. The van der Waals surface area contributed by atoms with E-state index >= 15 is 0 Å². The maximum Gasteiger partial charge on any atom is 0.262 e. The van der Waals surface area contributed by atoms with Crippen LogP contribution in [0.4, 0.5) is 5.69 Å². The Bertz CT molecular complexity index is 1480. The van der Waals surface area contributed by atoms with Gasteiger partial charge in [0.05, 0.1) is 16.0 Å². The molecule has 32 heavy (non-hydrogen) atoms. The van der Waals surface area contributed by atoms with Gasteiger partial charge in [0, 0.05) is 17.1 Å². The van der Waals surface area contributed by atoms with Gasteiger partial charge in [-0.15, -0.1) is 11.3 Å². The molecule has 1 amide bonds. The molecule has 1 aliphatic heterocycles. The zero-order valence-corrected chi connectivity index (χ0v) is 19.2. The monoisotopic (exact) mass is 461 g/mol. The highest BCUT2D eigenvalue weighted by molar-refractivity contribution is 7.18. The topological polar surface area (TPSA) is 64.0 Å². The Morgan fingerprint density at radius 3 is 2.81 bits per heavy atom. The highest BCUT2D eigenvalue weighted by Gasteiger charge is 2.23. The summed E-state index contributed by atoms with van der Waals surface area (Å²) in [5, 5.41) is 4.05. The minimum atomic E-state index is -0.259. The number of benzene rings is 2. The lowest BCUT2D eigenvalue weighted by Gasteiger charge is -2.08. The molecule has 0 spiro atoms. The largest absolute Gasteiger partial charge is 0.322 e. The van der Waals surface area contributed by atoms with E-state index in [1.807, 2.05) is 44.2 Å². The van der Waals surface area contributed by atoms with E-state index in [9.17, 15) is 9.59 Å². The minimum absolute atomic E-state index is 0.0380. The Hall–Kier alpha value is -3.22. The molecule has 2 aromatic carbocycles. The van der Waals surface area contributed by atoms with Gasteiger partial charge in [0.1, 0.15) is 10.7 Å². The first-order valence-corrected chi connectivity index (χ1v) is 11.5. The number of carbonyl (C=O) groups is 1. The molecule has 0 bridgehead atoms. The van der Waals surface area contributed by atoms with Crippen molar-refractivity contribution in [2.75, 3.05) is 5.32 Å². The number of fused-ring (bicyclic) bond motifs is 2. The number of carbonyl (C=O) groups excluding carboxylic acids is 1. The molecule has 0 unspecified atom stereocenters. The second-order valence-corrected chi connectivity index (χ2v) is 9.45. The van der Waals surface area contributed by atoms with Crippen molar-refractivity contribution in [3.05, 3.63) is 91.3 Å². The van der Waals surface area contributed by atoms with Crippen molar-refractivity contribution in [3.8, 4) is 0 Å². The summed E-state index contributed by atoms with van der Waals surface area (Å²) in [6.07, 6.45) is 2.78. The van der Waals surface area contributed by atoms with Gasteiger partial charge in [-0.2, -0.15) is 0 Å². The van der Waals surface area contributed by atoms with Gasteiger partial charge in [-0.05, 0) is 67.3 Å². The number of aryl methyl sites for hydroxylation is 2. The number of anilines is 1. The summed E-state index contributed by atoms with van der Waals surface area (Å²) >= 11 is 7.70. The summed E-state index contributed by atoms with van der Waals surface area (Å²) in [6, 6.07) is 14.5. The summed E-state index contributed by atoms with van der Waals surface area (Å²) in [6.45, 7) is 4.63. The Labute approximate surface area is 194 Å². The van der Waals surface area contributed by atoms with Crippen molar-refractivity contribution in [2.24, 2.45) is 0 Å². The number of hydrogen-bond donors (Lipinski definition) is 1.